The molecule has 0 radical (unpaired) electrons. The van der Waals surface area contributed by atoms with Crippen LogP contribution in [0.25, 0.3) is 11.3 Å². The zero-order chi connectivity index (χ0) is 21.2. The molecular weight excluding hydrogens is 382 g/mol. The van der Waals surface area contributed by atoms with Crippen molar-refractivity contribution in [1.29, 1.82) is 0 Å². The summed E-state index contributed by atoms with van der Waals surface area (Å²) in [6.07, 6.45) is 5.80. The van der Waals surface area contributed by atoms with Crippen LogP contribution in [0.5, 0.6) is 5.75 Å². The quantitative estimate of drug-likeness (QED) is 0.536. The predicted molar refractivity (Wildman–Crippen MR) is 112 cm³/mol. The van der Waals surface area contributed by atoms with Crippen LogP contribution in [0.1, 0.15) is 16.1 Å². The number of hydrogen-bond acceptors (Lipinski definition) is 5. The van der Waals surface area contributed by atoms with Gasteiger partial charge in [0.15, 0.2) is 11.5 Å². The summed E-state index contributed by atoms with van der Waals surface area (Å²) < 4.78 is 10.5. The number of nitrogens with one attached hydrogen (secondary N) is 2. The van der Waals surface area contributed by atoms with E-state index in [0.717, 1.165) is 11.1 Å². The maximum absolute atomic E-state index is 12.2. The molecule has 0 fully saturated rings. The molecule has 0 bridgehead atoms. The maximum atomic E-state index is 12.2. The Morgan fingerprint density at radius 3 is 2.57 bits per heavy atom. The third kappa shape index (κ3) is 5.97. The van der Waals surface area contributed by atoms with Crippen molar-refractivity contribution in [3.05, 3.63) is 71.9 Å². The zero-order valence-electron chi connectivity index (χ0n) is 16.3. The van der Waals surface area contributed by atoms with Gasteiger partial charge in [0.2, 0.25) is 5.91 Å². The largest absolute Gasteiger partial charge is 0.481 e. The fourth-order valence-electron chi connectivity index (χ4n) is 2.66. The number of hydrogen-bond donors (Lipinski definition) is 2. The molecule has 1 heterocycles. The second-order valence-corrected chi connectivity index (χ2v) is 6.36. The minimum Gasteiger partial charge on any atom is -0.481 e. The Hall–Kier alpha value is -4.05. The van der Waals surface area contributed by atoms with Crippen molar-refractivity contribution in [2.24, 2.45) is 0 Å². The van der Waals surface area contributed by atoms with Crippen molar-refractivity contribution >= 4 is 11.8 Å². The van der Waals surface area contributed by atoms with Gasteiger partial charge in [-0.15, -0.1) is 6.42 Å². The average Bonchev–Trinajstić information content (AvgIpc) is 3.28. The van der Waals surface area contributed by atoms with Crippen molar-refractivity contribution < 1.29 is 18.8 Å². The smallest absolute Gasteiger partial charge is 0.273 e. The number of ether oxygens (including phenoxy) is 1. The van der Waals surface area contributed by atoms with E-state index in [1.54, 1.807) is 6.07 Å². The van der Waals surface area contributed by atoms with Gasteiger partial charge in [-0.25, -0.2) is 0 Å². The molecule has 2 N–H and O–H groups in total. The fraction of sp³-hybridized carbons (Fsp3) is 0.174. The van der Waals surface area contributed by atoms with Crippen LogP contribution in [0, 0.1) is 12.3 Å². The molecule has 7 nitrogen and oxygen atoms in total. The normalized spacial score (nSPS) is 10.1. The molecular formula is C23H21N3O4. The highest BCUT2D eigenvalue weighted by Gasteiger charge is 2.14. The Labute approximate surface area is 174 Å². The molecule has 7 heteroatoms. The van der Waals surface area contributed by atoms with Gasteiger partial charge in [-0.3, -0.25) is 9.59 Å². The summed E-state index contributed by atoms with van der Waals surface area (Å²) in [5.41, 5.74) is 1.98. The summed E-state index contributed by atoms with van der Waals surface area (Å²) in [6, 6.07) is 18.3. The lowest BCUT2D eigenvalue weighted by Gasteiger charge is -2.07. The van der Waals surface area contributed by atoms with E-state index < -0.39 is 5.91 Å². The van der Waals surface area contributed by atoms with Crippen LogP contribution < -0.4 is 15.4 Å². The molecule has 3 rings (SSSR count). The van der Waals surface area contributed by atoms with Crippen LogP contribution in [-0.4, -0.2) is 36.7 Å². The molecule has 2 amide bonds. The predicted octanol–water partition coefficient (Wildman–Crippen LogP) is 2.44. The lowest BCUT2D eigenvalue weighted by molar-refractivity contribution is -0.120. The lowest BCUT2D eigenvalue weighted by atomic mass is 10.1. The van der Waals surface area contributed by atoms with E-state index in [9.17, 15) is 9.59 Å². The van der Waals surface area contributed by atoms with E-state index in [1.807, 2.05) is 54.6 Å². The van der Waals surface area contributed by atoms with Crippen LogP contribution in [0.15, 0.2) is 65.2 Å². The van der Waals surface area contributed by atoms with Crippen LogP contribution in [0.4, 0.5) is 0 Å². The van der Waals surface area contributed by atoms with Gasteiger partial charge in [0, 0.05) is 18.2 Å². The molecule has 0 aliphatic heterocycles. The first-order valence-corrected chi connectivity index (χ1v) is 9.38. The van der Waals surface area contributed by atoms with Gasteiger partial charge < -0.3 is 19.9 Å². The van der Waals surface area contributed by atoms with Gasteiger partial charge in [0.1, 0.15) is 12.4 Å². The van der Waals surface area contributed by atoms with Crippen LogP contribution >= 0.6 is 0 Å². The van der Waals surface area contributed by atoms with Gasteiger partial charge in [0.25, 0.3) is 5.91 Å². The van der Waals surface area contributed by atoms with Gasteiger partial charge in [-0.05, 0) is 24.1 Å². The molecule has 1 aromatic heterocycles. The topological polar surface area (TPSA) is 93.5 Å². The minimum atomic E-state index is -0.473. The molecule has 0 aliphatic carbocycles. The van der Waals surface area contributed by atoms with E-state index >= 15 is 0 Å². The Morgan fingerprint density at radius 1 is 1.07 bits per heavy atom. The van der Waals surface area contributed by atoms with E-state index in [0.29, 0.717) is 24.5 Å². The summed E-state index contributed by atoms with van der Waals surface area (Å²) in [5, 5.41) is 9.05. The Bertz CT molecular complexity index is 1020. The lowest BCUT2D eigenvalue weighted by Crippen LogP contribution is -2.37. The molecule has 2 aromatic carbocycles. The van der Waals surface area contributed by atoms with Gasteiger partial charge in [0.05, 0.1) is 6.54 Å². The summed E-state index contributed by atoms with van der Waals surface area (Å²) in [6.45, 7) is 0.523. The van der Waals surface area contributed by atoms with E-state index in [2.05, 4.69) is 21.7 Å². The average molecular weight is 403 g/mol. The minimum absolute atomic E-state index is 0.119. The van der Waals surface area contributed by atoms with E-state index in [1.165, 1.54) is 0 Å². The van der Waals surface area contributed by atoms with Crippen LogP contribution in [0.3, 0.4) is 0 Å². The zero-order valence-corrected chi connectivity index (χ0v) is 16.3. The first-order chi connectivity index (χ1) is 14.7. The van der Waals surface area contributed by atoms with Crippen molar-refractivity contribution in [2.75, 3.05) is 19.7 Å². The molecule has 0 aliphatic rings. The SMILES string of the molecule is C#CCOc1ccc(CCNC(=O)CNC(=O)c2cc(-c3ccccc3)on2)cc1. The summed E-state index contributed by atoms with van der Waals surface area (Å²) >= 11 is 0. The highest BCUT2D eigenvalue weighted by atomic mass is 16.5. The first kappa shape index (κ1) is 20.7. The standard InChI is InChI=1S/C23H21N3O4/c1-2-14-29-19-10-8-17(9-11-19)12-13-24-22(27)16-25-23(28)20-15-21(30-26-20)18-6-4-3-5-7-18/h1,3-11,15H,12-14,16H2,(H,24,27)(H,25,28). The molecule has 0 unspecified atom stereocenters. The van der Waals surface area contributed by atoms with Crippen molar-refractivity contribution in [1.82, 2.24) is 15.8 Å². The first-order valence-electron chi connectivity index (χ1n) is 9.38. The number of aromatic nitrogens is 1. The number of rotatable bonds is 9. The van der Waals surface area contributed by atoms with Crippen molar-refractivity contribution in [2.45, 2.75) is 6.42 Å². The molecule has 3 aromatic rings. The van der Waals surface area contributed by atoms with Crippen LogP contribution in [-0.2, 0) is 11.2 Å². The number of nitrogens with zero attached hydrogens (tertiary/aromatic N) is 1. The Kier molecular flexibility index (Phi) is 7.23. The molecule has 0 saturated carbocycles. The molecule has 152 valence electrons. The highest BCUT2D eigenvalue weighted by Crippen LogP contribution is 2.19. The van der Waals surface area contributed by atoms with Gasteiger partial charge >= 0.3 is 0 Å². The molecule has 30 heavy (non-hydrogen) atoms. The summed E-state index contributed by atoms with van der Waals surface area (Å²) in [4.78, 5) is 24.1. The van der Waals surface area contributed by atoms with Gasteiger partial charge in [-0.1, -0.05) is 53.5 Å². The Balaban J connectivity index is 1.39. The molecule has 0 atom stereocenters. The van der Waals surface area contributed by atoms with Crippen molar-refractivity contribution in [3.63, 3.8) is 0 Å². The van der Waals surface area contributed by atoms with Gasteiger partial charge in [-0.2, -0.15) is 0 Å². The number of amides is 2. The highest BCUT2D eigenvalue weighted by molar-refractivity contribution is 5.95. The fourth-order valence-corrected chi connectivity index (χ4v) is 2.66. The number of terminal acetylenes is 1. The monoisotopic (exact) mass is 403 g/mol. The summed E-state index contributed by atoms with van der Waals surface area (Å²) in [7, 11) is 0. The Morgan fingerprint density at radius 2 is 1.83 bits per heavy atom. The van der Waals surface area contributed by atoms with E-state index in [4.69, 9.17) is 15.7 Å². The summed E-state index contributed by atoms with van der Waals surface area (Å²) in [5.74, 6) is 2.83. The van der Waals surface area contributed by atoms with E-state index in [-0.39, 0.29) is 24.8 Å². The second-order valence-electron chi connectivity index (χ2n) is 6.36. The van der Waals surface area contributed by atoms with Crippen LogP contribution in [0.2, 0.25) is 0 Å². The number of carbonyl (C=O) groups excluding carboxylic acids is 2. The number of carbonyl (C=O) groups is 2. The molecule has 0 saturated heterocycles. The second kappa shape index (κ2) is 10.5. The third-order valence-electron chi connectivity index (χ3n) is 4.19. The van der Waals surface area contributed by atoms with Crippen molar-refractivity contribution in [3.8, 4) is 29.4 Å². The third-order valence-corrected chi connectivity index (χ3v) is 4.19. The maximum Gasteiger partial charge on any atom is 0.273 e. The number of benzene rings is 2. The molecule has 0 spiro atoms.